The smallest absolute Gasteiger partial charge is 0.330 e. The van der Waals surface area contributed by atoms with Gasteiger partial charge in [0.25, 0.3) is 0 Å². The first-order valence-corrected chi connectivity index (χ1v) is 6.76. The van der Waals surface area contributed by atoms with Crippen molar-refractivity contribution in [3.05, 3.63) is 35.9 Å². The van der Waals surface area contributed by atoms with Crippen molar-refractivity contribution in [1.29, 1.82) is 0 Å². The summed E-state index contributed by atoms with van der Waals surface area (Å²) in [5.41, 5.74) is 3.24. The van der Waals surface area contributed by atoms with Crippen molar-refractivity contribution in [2.45, 2.75) is 25.3 Å². The minimum Gasteiger partial charge on any atom is -0.479 e. The maximum atomic E-state index is 11.9. The molecule has 0 unspecified atom stereocenters. The molecule has 1 aromatic carbocycles. The molecule has 0 bridgehead atoms. The quantitative estimate of drug-likeness (QED) is 0.779. The van der Waals surface area contributed by atoms with Gasteiger partial charge in [0, 0.05) is 13.1 Å². The number of carbonyl (C=O) groups excluding carboxylic acids is 1. The van der Waals surface area contributed by atoms with Gasteiger partial charge in [-0.15, -0.1) is 0 Å². The molecule has 2 rings (SSSR count). The molecule has 0 aromatic heterocycles. The second-order valence-electron chi connectivity index (χ2n) is 4.81. The van der Waals surface area contributed by atoms with Crippen LogP contribution in [0.5, 0.6) is 0 Å². The van der Waals surface area contributed by atoms with Gasteiger partial charge in [0.15, 0.2) is 6.04 Å². The number of hydrogen-bond acceptors (Lipinski definition) is 3. The van der Waals surface area contributed by atoms with Crippen molar-refractivity contribution in [1.82, 2.24) is 15.8 Å². The molecule has 20 heavy (non-hydrogen) atoms. The van der Waals surface area contributed by atoms with Gasteiger partial charge in [-0.1, -0.05) is 36.8 Å². The van der Waals surface area contributed by atoms with Crippen molar-refractivity contribution in [2.24, 2.45) is 0 Å². The normalized spacial score (nSPS) is 17.2. The fraction of sp³-hybridized carbons (Fsp3) is 0.429. The molecule has 1 saturated heterocycles. The van der Waals surface area contributed by atoms with Crippen LogP contribution in [0.4, 0.5) is 4.79 Å². The molecule has 2 amide bonds. The summed E-state index contributed by atoms with van der Waals surface area (Å²) in [6, 6.07) is 7.13. The van der Waals surface area contributed by atoms with Crippen LogP contribution in [0.25, 0.3) is 0 Å². The summed E-state index contributed by atoms with van der Waals surface area (Å²) in [5, 5.41) is 13.5. The van der Waals surface area contributed by atoms with Crippen molar-refractivity contribution in [3.8, 4) is 0 Å². The number of piperidine rings is 1. The Morgan fingerprint density at radius 3 is 2.35 bits per heavy atom. The number of rotatable bonds is 4. The fourth-order valence-electron chi connectivity index (χ4n) is 2.25. The zero-order valence-corrected chi connectivity index (χ0v) is 11.2. The predicted octanol–water partition coefficient (Wildman–Crippen LogP) is 1.51. The Bertz CT molecular complexity index is 458. The second-order valence-corrected chi connectivity index (χ2v) is 4.81. The second kappa shape index (κ2) is 6.91. The van der Waals surface area contributed by atoms with E-state index in [2.05, 4.69) is 10.7 Å². The Balaban J connectivity index is 1.94. The molecule has 6 nitrogen and oxygen atoms in total. The molecular formula is C14H19N3O3. The number of hydrazine groups is 1. The number of benzene rings is 1. The van der Waals surface area contributed by atoms with Crippen LogP contribution in [0.15, 0.2) is 30.3 Å². The van der Waals surface area contributed by atoms with Crippen LogP contribution in [0.2, 0.25) is 0 Å². The highest BCUT2D eigenvalue weighted by atomic mass is 16.4. The van der Waals surface area contributed by atoms with E-state index in [9.17, 15) is 14.7 Å². The number of nitrogens with one attached hydrogen (secondary N) is 2. The van der Waals surface area contributed by atoms with Crippen molar-refractivity contribution in [2.75, 3.05) is 13.1 Å². The standard InChI is InChI=1S/C14H19N3O3/c18-13(19)12(11-7-3-1-4-8-11)15-14(20)16-17-9-5-2-6-10-17/h1,3-4,7-8,12H,2,5-6,9-10H2,(H,18,19)(H2,15,16,20)/t12-/m0/s1. The lowest BCUT2D eigenvalue weighted by Crippen LogP contribution is -2.50. The van der Waals surface area contributed by atoms with E-state index in [0.29, 0.717) is 5.56 Å². The lowest BCUT2D eigenvalue weighted by atomic mass is 10.1. The van der Waals surface area contributed by atoms with Gasteiger partial charge in [0.1, 0.15) is 0 Å². The predicted molar refractivity (Wildman–Crippen MR) is 73.9 cm³/mol. The average Bonchev–Trinajstić information content (AvgIpc) is 2.46. The summed E-state index contributed by atoms with van der Waals surface area (Å²) in [4.78, 5) is 23.1. The Labute approximate surface area is 117 Å². The molecule has 1 atom stereocenters. The van der Waals surface area contributed by atoms with E-state index in [4.69, 9.17) is 0 Å². The third-order valence-corrected chi connectivity index (χ3v) is 3.27. The number of aliphatic carboxylic acids is 1. The lowest BCUT2D eigenvalue weighted by Gasteiger charge is -2.27. The average molecular weight is 277 g/mol. The molecule has 0 saturated carbocycles. The molecule has 1 fully saturated rings. The highest BCUT2D eigenvalue weighted by Gasteiger charge is 2.22. The minimum atomic E-state index is -1.08. The largest absolute Gasteiger partial charge is 0.479 e. The van der Waals surface area contributed by atoms with Gasteiger partial charge in [-0.2, -0.15) is 0 Å². The van der Waals surface area contributed by atoms with Gasteiger partial charge in [-0.25, -0.2) is 14.6 Å². The molecule has 0 aliphatic carbocycles. The Kier molecular flexibility index (Phi) is 4.95. The van der Waals surface area contributed by atoms with Crippen LogP contribution < -0.4 is 10.7 Å². The monoisotopic (exact) mass is 277 g/mol. The highest BCUT2D eigenvalue weighted by Crippen LogP contribution is 2.12. The van der Waals surface area contributed by atoms with E-state index in [1.54, 1.807) is 30.3 Å². The number of carbonyl (C=O) groups is 2. The van der Waals surface area contributed by atoms with Gasteiger partial charge in [0.2, 0.25) is 0 Å². The molecule has 1 aromatic rings. The van der Waals surface area contributed by atoms with Gasteiger partial charge in [0.05, 0.1) is 0 Å². The minimum absolute atomic E-state index is 0.483. The molecular weight excluding hydrogens is 258 g/mol. The van der Waals surface area contributed by atoms with Crippen molar-refractivity contribution < 1.29 is 14.7 Å². The first-order valence-electron chi connectivity index (χ1n) is 6.76. The van der Waals surface area contributed by atoms with Crippen LogP contribution in [0.1, 0.15) is 30.9 Å². The maximum Gasteiger partial charge on any atom is 0.330 e. The Morgan fingerprint density at radius 1 is 1.10 bits per heavy atom. The number of nitrogens with zero attached hydrogens (tertiary/aromatic N) is 1. The number of carboxylic acids is 1. The van der Waals surface area contributed by atoms with Gasteiger partial charge < -0.3 is 10.4 Å². The van der Waals surface area contributed by atoms with Gasteiger partial charge in [-0.3, -0.25) is 5.43 Å². The van der Waals surface area contributed by atoms with Crippen LogP contribution in [-0.4, -0.2) is 35.2 Å². The molecule has 1 heterocycles. The summed E-state index contributed by atoms with van der Waals surface area (Å²) in [6.07, 6.45) is 3.25. The van der Waals surface area contributed by atoms with E-state index in [1.165, 1.54) is 6.42 Å². The third-order valence-electron chi connectivity index (χ3n) is 3.27. The summed E-state index contributed by atoms with van der Waals surface area (Å²) in [5.74, 6) is -1.08. The molecule has 6 heteroatoms. The number of hydrogen-bond donors (Lipinski definition) is 3. The maximum absolute atomic E-state index is 11.9. The summed E-state index contributed by atoms with van der Waals surface area (Å²) >= 11 is 0. The van der Waals surface area contributed by atoms with E-state index >= 15 is 0 Å². The third kappa shape index (κ3) is 3.96. The van der Waals surface area contributed by atoms with E-state index in [1.807, 2.05) is 5.01 Å². The van der Waals surface area contributed by atoms with Crippen LogP contribution in [0, 0.1) is 0 Å². The first-order chi connectivity index (χ1) is 9.66. The van der Waals surface area contributed by atoms with Gasteiger partial charge in [-0.05, 0) is 18.4 Å². The summed E-state index contributed by atoms with van der Waals surface area (Å²) in [6.45, 7) is 1.60. The molecule has 0 spiro atoms. The van der Waals surface area contributed by atoms with Crippen LogP contribution >= 0.6 is 0 Å². The number of carboxylic acid groups (broad SMARTS) is 1. The Hall–Kier alpha value is -2.08. The van der Waals surface area contributed by atoms with E-state index < -0.39 is 18.0 Å². The molecule has 0 radical (unpaired) electrons. The molecule has 108 valence electrons. The van der Waals surface area contributed by atoms with Crippen molar-refractivity contribution >= 4 is 12.0 Å². The molecule has 3 N–H and O–H groups in total. The van der Waals surface area contributed by atoms with E-state index in [-0.39, 0.29) is 0 Å². The zero-order valence-electron chi connectivity index (χ0n) is 11.2. The first kappa shape index (κ1) is 14.3. The zero-order chi connectivity index (χ0) is 14.4. The van der Waals surface area contributed by atoms with Crippen molar-refractivity contribution in [3.63, 3.8) is 0 Å². The highest BCUT2D eigenvalue weighted by molar-refractivity contribution is 5.83. The lowest BCUT2D eigenvalue weighted by molar-refractivity contribution is -0.139. The topological polar surface area (TPSA) is 81.7 Å². The molecule has 1 aliphatic heterocycles. The van der Waals surface area contributed by atoms with Crippen LogP contribution in [-0.2, 0) is 4.79 Å². The van der Waals surface area contributed by atoms with E-state index in [0.717, 1.165) is 25.9 Å². The summed E-state index contributed by atoms with van der Waals surface area (Å²) in [7, 11) is 0. The van der Waals surface area contributed by atoms with Gasteiger partial charge >= 0.3 is 12.0 Å². The van der Waals surface area contributed by atoms with Crippen LogP contribution in [0.3, 0.4) is 0 Å². The number of urea groups is 1. The fourth-order valence-corrected chi connectivity index (χ4v) is 2.25. The molecule has 1 aliphatic rings. The number of amides is 2. The summed E-state index contributed by atoms with van der Waals surface area (Å²) < 4.78 is 0. The Morgan fingerprint density at radius 2 is 1.75 bits per heavy atom. The SMILES string of the molecule is O=C(N[C@H](C(=O)O)c1ccccc1)NN1CCCCC1.